The van der Waals surface area contributed by atoms with Gasteiger partial charge in [0.15, 0.2) is 0 Å². The van der Waals surface area contributed by atoms with E-state index in [1.165, 1.54) is 11.0 Å². The zero-order chi connectivity index (χ0) is 20.5. The number of para-hydroxylation sites is 1. The Labute approximate surface area is 168 Å². The molecule has 1 atom stereocenters. The highest BCUT2D eigenvalue weighted by Gasteiger charge is 2.36. The molecule has 0 spiro atoms. The van der Waals surface area contributed by atoms with Crippen molar-refractivity contribution in [2.45, 2.75) is 20.3 Å². The molecule has 2 amide bonds. The van der Waals surface area contributed by atoms with Crippen molar-refractivity contribution in [3.05, 3.63) is 77.9 Å². The molecule has 0 aliphatic carbocycles. The van der Waals surface area contributed by atoms with Gasteiger partial charge in [0.05, 0.1) is 11.6 Å². The van der Waals surface area contributed by atoms with Gasteiger partial charge in [-0.15, -0.1) is 0 Å². The number of benzene rings is 2. The Balaban J connectivity index is 1.45. The fourth-order valence-corrected chi connectivity index (χ4v) is 3.80. The third-order valence-corrected chi connectivity index (χ3v) is 5.30. The van der Waals surface area contributed by atoms with Crippen LogP contribution < -0.4 is 10.2 Å². The number of nitrogens with zero attached hydrogens (tertiary/aromatic N) is 2. The summed E-state index contributed by atoms with van der Waals surface area (Å²) in [6.07, 6.45) is 0.0695. The molecular formula is C23H22FN3O2. The third-order valence-electron chi connectivity index (χ3n) is 5.30. The standard InChI is InChI=1S/C23H22FN3O2/c1-15-7-8-16(2)27(15)19-11-9-18(10-12-19)25-23(29)17-13-22(28)26(14-17)21-6-4-3-5-20(21)24/h3-12,17H,13-14H2,1-2H3,(H,25,29)/t17-/m1/s1. The van der Waals surface area contributed by atoms with Gasteiger partial charge in [-0.05, 0) is 62.4 Å². The summed E-state index contributed by atoms with van der Waals surface area (Å²) >= 11 is 0. The smallest absolute Gasteiger partial charge is 0.229 e. The highest BCUT2D eigenvalue weighted by atomic mass is 19.1. The predicted octanol–water partition coefficient (Wildman–Crippen LogP) is 4.22. The van der Waals surface area contributed by atoms with Crippen LogP contribution in [0.25, 0.3) is 5.69 Å². The van der Waals surface area contributed by atoms with Gasteiger partial charge in [0.25, 0.3) is 0 Å². The van der Waals surface area contributed by atoms with E-state index < -0.39 is 11.7 Å². The van der Waals surface area contributed by atoms with Crippen LogP contribution in [-0.2, 0) is 9.59 Å². The second-order valence-electron chi connectivity index (χ2n) is 7.34. The van der Waals surface area contributed by atoms with E-state index in [0.717, 1.165) is 17.1 Å². The predicted molar refractivity (Wildman–Crippen MR) is 111 cm³/mol. The summed E-state index contributed by atoms with van der Waals surface area (Å²) in [6, 6.07) is 17.8. The molecule has 148 valence electrons. The maximum atomic E-state index is 14.0. The number of hydrogen-bond donors (Lipinski definition) is 1. The molecule has 0 unspecified atom stereocenters. The van der Waals surface area contributed by atoms with E-state index in [0.29, 0.717) is 5.69 Å². The van der Waals surface area contributed by atoms with Crippen molar-refractivity contribution in [1.29, 1.82) is 0 Å². The molecule has 4 rings (SSSR count). The second kappa shape index (κ2) is 7.54. The Bertz CT molecular complexity index is 1050. The molecule has 1 aliphatic rings. The topological polar surface area (TPSA) is 54.3 Å². The van der Waals surface area contributed by atoms with E-state index in [4.69, 9.17) is 0 Å². The summed E-state index contributed by atoms with van der Waals surface area (Å²) < 4.78 is 16.1. The van der Waals surface area contributed by atoms with E-state index in [1.54, 1.807) is 18.2 Å². The van der Waals surface area contributed by atoms with E-state index in [1.807, 2.05) is 38.1 Å². The molecule has 0 radical (unpaired) electrons. The fourth-order valence-electron chi connectivity index (χ4n) is 3.80. The van der Waals surface area contributed by atoms with Gasteiger partial charge in [-0.2, -0.15) is 0 Å². The first kappa shape index (κ1) is 18.9. The van der Waals surface area contributed by atoms with Gasteiger partial charge in [-0.3, -0.25) is 9.59 Å². The molecule has 29 heavy (non-hydrogen) atoms. The van der Waals surface area contributed by atoms with Crippen LogP contribution in [0.15, 0.2) is 60.7 Å². The Kier molecular flexibility index (Phi) is 4.92. The monoisotopic (exact) mass is 391 g/mol. The van der Waals surface area contributed by atoms with Crippen LogP contribution in [0.3, 0.4) is 0 Å². The van der Waals surface area contributed by atoms with Crippen LogP contribution >= 0.6 is 0 Å². The van der Waals surface area contributed by atoms with Crippen LogP contribution in [0.2, 0.25) is 0 Å². The summed E-state index contributed by atoms with van der Waals surface area (Å²) in [7, 11) is 0. The van der Waals surface area contributed by atoms with E-state index >= 15 is 0 Å². The Hall–Kier alpha value is -3.41. The summed E-state index contributed by atoms with van der Waals surface area (Å²) in [5.41, 5.74) is 4.17. The quantitative estimate of drug-likeness (QED) is 0.724. The van der Waals surface area contributed by atoms with Crippen molar-refractivity contribution in [3.63, 3.8) is 0 Å². The Morgan fingerprint density at radius 1 is 1.00 bits per heavy atom. The number of rotatable bonds is 4. The van der Waals surface area contributed by atoms with Gasteiger partial charge in [0.2, 0.25) is 11.8 Å². The molecule has 2 aromatic carbocycles. The molecule has 1 saturated heterocycles. The summed E-state index contributed by atoms with van der Waals surface area (Å²) in [4.78, 5) is 26.3. The van der Waals surface area contributed by atoms with Gasteiger partial charge in [0.1, 0.15) is 5.82 Å². The van der Waals surface area contributed by atoms with Crippen molar-refractivity contribution in [1.82, 2.24) is 4.57 Å². The zero-order valence-corrected chi connectivity index (χ0v) is 16.4. The first-order valence-corrected chi connectivity index (χ1v) is 9.55. The van der Waals surface area contributed by atoms with Crippen molar-refractivity contribution in [3.8, 4) is 5.69 Å². The number of amides is 2. The van der Waals surface area contributed by atoms with E-state index in [2.05, 4.69) is 22.0 Å². The van der Waals surface area contributed by atoms with Gasteiger partial charge in [-0.1, -0.05) is 12.1 Å². The Morgan fingerprint density at radius 3 is 2.31 bits per heavy atom. The van der Waals surface area contributed by atoms with Gasteiger partial charge < -0.3 is 14.8 Å². The van der Waals surface area contributed by atoms with E-state index in [9.17, 15) is 14.0 Å². The lowest BCUT2D eigenvalue weighted by Gasteiger charge is -2.17. The van der Waals surface area contributed by atoms with Crippen LogP contribution in [0.5, 0.6) is 0 Å². The number of aromatic nitrogens is 1. The van der Waals surface area contributed by atoms with Crippen LogP contribution in [-0.4, -0.2) is 22.9 Å². The van der Waals surface area contributed by atoms with Crippen molar-refractivity contribution in [2.24, 2.45) is 5.92 Å². The third kappa shape index (κ3) is 3.66. The number of carbonyl (C=O) groups excluding carboxylic acids is 2. The minimum absolute atomic E-state index is 0.0695. The van der Waals surface area contributed by atoms with Gasteiger partial charge in [0, 0.05) is 35.7 Å². The summed E-state index contributed by atoms with van der Waals surface area (Å²) in [5.74, 6) is -1.47. The molecule has 6 heteroatoms. The van der Waals surface area contributed by atoms with Crippen molar-refractivity contribution >= 4 is 23.2 Å². The van der Waals surface area contributed by atoms with Crippen LogP contribution in [0.1, 0.15) is 17.8 Å². The normalized spacial score (nSPS) is 16.3. The SMILES string of the molecule is Cc1ccc(C)n1-c1ccc(NC(=O)[C@@H]2CC(=O)N(c3ccccc3F)C2)cc1. The molecule has 1 N–H and O–H groups in total. The number of hydrogen-bond acceptors (Lipinski definition) is 2. The lowest BCUT2D eigenvalue weighted by Crippen LogP contribution is -2.28. The van der Waals surface area contributed by atoms with Crippen molar-refractivity contribution < 1.29 is 14.0 Å². The summed E-state index contributed by atoms with van der Waals surface area (Å²) in [6.45, 7) is 4.26. The number of nitrogens with one attached hydrogen (secondary N) is 1. The number of carbonyl (C=O) groups is 2. The fraction of sp³-hybridized carbons (Fsp3) is 0.217. The zero-order valence-electron chi connectivity index (χ0n) is 16.4. The number of aryl methyl sites for hydroxylation is 2. The van der Waals surface area contributed by atoms with Crippen molar-refractivity contribution in [2.75, 3.05) is 16.8 Å². The largest absolute Gasteiger partial charge is 0.326 e. The van der Waals surface area contributed by atoms with Gasteiger partial charge >= 0.3 is 0 Å². The molecular weight excluding hydrogens is 369 g/mol. The van der Waals surface area contributed by atoms with E-state index in [-0.39, 0.29) is 30.5 Å². The first-order chi connectivity index (χ1) is 13.9. The molecule has 0 saturated carbocycles. The Morgan fingerprint density at radius 2 is 1.66 bits per heavy atom. The molecule has 1 aromatic heterocycles. The second-order valence-corrected chi connectivity index (χ2v) is 7.34. The average Bonchev–Trinajstić information content (AvgIpc) is 3.25. The molecule has 1 aliphatic heterocycles. The van der Waals surface area contributed by atoms with Gasteiger partial charge in [-0.25, -0.2) is 4.39 Å². The first-order valence-electron chi connectivity index (χ1n) is 9.55. The molecule has 3 aromatic rings. The average molecular weight is 391 g/mol. The number of halogens is 1. The van der Waals surface area contributed by atoms with Crippen LogP contribution in [0, 0.1) is 25.6 Å². The molecule has 2 heterocycles. The molecule has 1 fully saturated rings. The highest BCUT2D eigenvalue weighted by molar-refractivity contribution is 6.03. The number of anilines is 2. The minimum Gasteiger partial charge on any atom is -0.326 e. The molecule has 5 nitrogen and oxygen atoms in total. The molecule has 0 bridgehead atoms. The maximum Gasteiger partial charge on any atom is 0.229 e. The maximum absolute atomic E-state index is 14.0. The lowest BCUT2D eigenvalue weighted by atomic mass is 10.1. The summed E-state index contributed by atoms with van der Waals surface area (Å²) in [5, 5.41) is 2.87. The van der Waals surface area contributed by atoms with Crippen LogP contribution in [0.4, 0.5) is 15.8 Å². The lowest BCUT2D eigenvalue weighted by molar-refractivity contribution is -0.122. The highest BCUT2D eigenvalue weighted by Crippen LogP contribution is 2.28. The minimum atomic E-state index is -0.518.